The van der Waals surface area contributed by atoms with E-state index in [0.29, 0.717) is 5.15 Å². The number of nitrogens with zero attached hydrogens (tertiary/aromatic N) is 1. The molecule has 0 saturated carbocycles. The van der Waals surface area contributed by atoms with Crippen LogP contribution in [0.25, 0.3) is 10.2 Å². The van der Waals surface area contributed by atoms with E-state index >= 15 is 0 Å². The Bertz CT molecular complexity index is 873. The van der Waals surface area contributed by atoms with Gasteiger partial charge in [-0.2, -0.15) is 0 Å². The van der Waals surface area contributed by atoms with Crippen molar-refractivity contribution in [3.05, 3.63) is 57.6 Å². The van der Waals surface area contributed by atoms with E-state index in [1.54, 1.807) is 11.3 Å². The normalized spacial score (nSPS) is 16.7. The molecule has 2 aromatic heterocycles. The molecule has 4 rings (SSSR count). The molecule has 1 aliphatic heterocycles. The van der Waals surface area contributed by atoms with Gasteiger partial charge in [0.25, 0.3) is 0 Å². The number of benzene rings is 1. The number of fused-ring (bicyclic) bond motifs is 1. The maximum absolute atomic E-state index is 6.29. The Balaban J connectivity index is 0.00000102. The summed E-state index contributed by atoms with van der Waals surface area (Å²) in [6.07, 6.45) is 3.68. The smallest absolute Gasteiger partial charge is 0.131 e. The van der Waals surface area contributed by atoms with Crippen LogP contribution >= 0.6 is 22.9 Å². The standard InChI is InChI=1S/C20H21ClN2OS.C2H6/c1-13-18-20(25-19(13)16-9-5-6-10-24-16)15(11-17(21)23-18)22-12-14-7-3-2-4-8-14;1-2/h2-4,7-8,11,16H,5-6,9-10,12H2,1H3,(H,22,23);1-2H3. The highest BCUT2D eigenvalue weighted by Crippen LogP contribution is 2.42. The molecule has 3 nitrogen and oxygen atoms in total. The summed E-state index contributed by atoms with van der Waals surface area (Å²) < 4.78 is 7.17. The van der Waals surface area contributed by atoms with Crippen LogP contribution in [0.15, 0.2) is 36.4 Å². The van der Waals surface area contributed by atoms with Crippen LogP contribution in [0.3, 0.4) is 0 Å². The Hall–Kier alpha value is -1.62. The number of ether oxygens (including phenoxy) is 1. The first-order valence-electron chi connectivity index (χ1n) is 9.71. The Morgan fingerprint density at radius 3 is 2.70 bits per heavy atom. The Kier molecular flexibility index (Phi) is 7.11. The van der Waals surface area contributed by atoms with Gasteiger partial charge in [-0.3, -0.25) is 0 Å². The average Bonchev–Trinajstić information content (AvgIpc) is 3.06. The molecule has 0 bridgehead atoms. The van der Waals surface area contributed by atoms with E-state index in [-0.39, 0.29) is 6.10 Å². The first kappa shape index (κ1) is 20.1. The van der Waals surface area contributed by atoms with Crippen LogP contribution < -0.4 is 5.32 Å². The lowest BCUT2D eigenvalue weighted by molar-refractivity contribution is 0.0169. The van der Waals surface area contributed by atoms with Crippen molar-refractivity contribution in [1.29, 1.82) is 0 Å². The number of aryl methyl sites for hydroxylation is 1. The van der Waals surface area contributed by atoms with Gasteiger partial charge in [0.1, 0.15) is 5.15 Å². The molecule has 1 N–H and O–H groups in total. The van der Waals surface area contributed by atoms with Gasteiger partial charge in [-0.1, -0.05) is 55.8 Å². The summed E-state index contributed by atoms with van der Waals surface area (Å²) in [6, 6.07) is 12.3. The van der Waals surface area contributed by atoms with Crippen molar-refractivity contribution in [2.75, 3.05) is 11.9 Å². The summed E-state index contributed by atoms with van der Waals surface area (Å²) in [5, 5.41) is 4.06. The van der Waals surface area contributed by atoms with E-state index in [1.165, 1.54) is 27.1 Å². The molecule has 0 spiro atoms. The minimum Gasteiger partial charge on any atom is -0.380 e. The molecular formula is C22H27ClN2OS. The zero-order valence-electron chi connectivity index (χ0n) is 16.2. The Morgan fingerprint density at radius 1 is 1.22 bits per heavy atom. The van der Waals surface area contributed by atoms with Gasteiger partial charge < -0.3 is 10.1 Å². The van der Waals surface area contributed by atoms with E-state index in [4.69, 9.17) is 16.3 Å². The quantitative estimate of drug-likeness (QED) is 0.471. The van der Waals surface area contributed by atoms with E-state index in [0.717, 1.165) is 37.2 Å². The number of nitrogens with one attached hydrogen (secondary N) is 1. The fourth-order valence-electron chi connectivity index (χ4n) is 3.34. The monoisotopic (exact) mass is 402 g/mol. The average molecular weight is 403 g/mol. The van der Waals surface area contributed by atoms with Gasteiger partial charge >= 0.3 is 0 Å². The van der Waals surface area contributed by atoms with Crippen molar-refractivity contribution >= 4 is 38.8 Å². The lowest BCUT2D eigenvalue weighted by atomic mass is 10.0. The summed E-state index contributed by atoms with van der Waals surface area (Å²) >= 11 is 8.09. The molecule has 1 atom stereocenters. The number of pyridine rings is 1. The highest BCUT2D eigenvalue weighted by molar-refractivity contribution is 7.20. The molecule has 1 fully saturated rings. The highest BCUT2D eigenvalue weighted by atomic mass is 35.5. The first-order valence-corrected chi connectivity index (χ1v) is 10.9. The minimum absolute atomic E-state index is 0.202. The molecule has 0 aliphatic carbocycles. The zero-order chi connectivity index (χ0) is 19.2. The van der Waals surface area contributed by atoms with Crippen molar-refractivity contribution in [1.82, 2.24) is 4.98 Å². The molecule has 144 valence electrons. The second-order valence-electron chi connectivity index (χ2n) is 6.46. The number of hydrogen-bond acceptors (Lipinski definition) is 4. The number of halogens is 1. The fourth-order valence-corrected chi connectivity index (χ4v) is 4.86. The lowest BCUT2D eigenvalue weighted by Gasteiger charge is -2.22. The predicted molar refractivity (Wildman–Crippen MR) is 117 cm³/mol. The van der Waals surface area contributed by atoms with Crippen LogP contribution in [0.5, 0.6) is 0 Å². The van der Waals surface area contributed by atoms with Crippen LogP contribution in [-0.2, 0) is 11.3 Å². The molecule has 1 aromatic carbocycles. The number of anilines is 1. The second-order valence-corrected chi connectivity index (χ2v) is 7.90. The maximum Gasteiger partial charge on any atom is 0.131 e. The Morgan fingerprint density at radius 2 is 2.00 bits per heavy atom. The number of rotatable bonds is 4. The second kappa shape index (κ2) is 9.54. The van der Waals surface area contributed by atoms with Crippen molar-refractivity contribution in [2.45, 2.75) is 52.7 Å². The van der Waals surface area contributed by atoms with Gasteiger partial charge in [0.2, 0.25) is 0 Å². The van der Waals surface area contributed by atoms with Crippen LogP contribution in [0.4, 0.5) is 5.69 Å². The summed E-state index contributed by atoms with van der Waals surface area (Å²) in [5.74, 6) is 0. The number of hydrogen-bond donors (Lipinski definition) is 1. The van der Waals surface area contributed by atoms with Gasteiger partial charge in [0.05, 0.1) is 22.0 Å². The zero-order valence-corrected chi connectivity index (χ0v) is 17.8. The topological polar surface area (TPSA) is 34.1 Å². The third-order valence-electron chi connectivity index (χ3n) is 4.68. The van der Waals surface area contributed by atoms with E-state index in [9.17, 15) is 0 Å². The molecule has 3 aromatic rings. The van der Waals surface area contributed by atoms with E-state index in [1.807, 2.05) is 26.0 Å². The van der Waals surface area contributed by atoms with Crippen molar-refractivity contribution < 1.29 is 4.74 Å². The van der Waals surface area contributed by atoms with Crippen LogP contribution in [0.1, 0.15) is 55.2 Å². The molecule has 0 radical (unpaired) electrons. The number of aromatic nitrogens is 1. The molecule has 1 aliphatic rings. The van der Waals surface area contributed by atoms with Gasteiger partial charge in [0, 0.05) is 24.1 Å². The minimum atomic E-state index is 0.202. The van der Waals surface area contributed by atoms with Gasteiger partial charge in [0.15, 0.2) is 0 Å². The Labute approximate surface area is 170 Å². The third-order valence-corrected chi connectivity index (χ3v) is 6.28. The predicted octanol–water partition coefficient (Wildman–Crippen LogP) is 7.14. The van der Waals surface area contributed by atoms with Crippen LogP contribution in [-0.4, -0.2) is 11.6 Å². The summed E-state index contributed by atoms with van der Waals surface area (Å²) in [5.41, 5.74) is 4.50. The summed E-state index contributed by atoms with van der Waals surface area (Å²) in [7, 11) is 0. The number of thiophene rings is 1. The van der Waals surface area contributed by atoms with Gasteiger partial charge in [-0.05, 0) is 37.3 Å². The van der Waals surface area contributed by atoms with Gasteiger partial charge in [-0.25, -0.2) is 4.98 Å². The summed E-state index contributed by atoms with van der Waals surface area (Å²) in [4.78, 5) is 5.88. The maximum atomic E-state index is 6.29. The molecule has 27 heavy (non-hydrogen) atoms. The van der Waals surface area contributed by atoms with Crippen molar-refractivity contribution in [3.63, 3.8) is 0 Å². The largest absolute Gasteiger partial charge is 0.380 e. The SMILES string of the molecule is CC.Cc1c(C2CCCCO2)sc2c(NCc3ccccc3)cc(Cl)nc12. The lowest BCUT2D eigenvalue weighted by Crippen LogP contribution is -2.10. The first-order chi connectivity index (χ1) is 13.2. The molecule has 1 unspecified atom stereocenters. The van der Waals surface area contributed by atoms with Crippen LogP contribution in [0, 0.1) is 6.92 Å². The van der Waals surface area contributed by atoms with Crippen molar-refractivity contribution in [2.24, 2.45) is 0 Å². The van der Waals surface area contributed by atoms with Gasteiger partial charge in [-0.15, -0.1) is 11.3 Å². The van der Waals surface area contributed by atoms with E-state index in [2.05, 4.69) is 41.5 Å². The molecule has 5 heteroatoms. The third kappa shape index (κ3) is 4.63. The van der Waals surface area contributed by atoms with E-state index < -0.39 is 0 Å². The van der Waals surface area contributed by atoms with Crippen molar-refractivity contribution in [3.8, 4) is 0 Å². The summed E-state index contributed by atoms with van der Waals surface area (Å²) in [6.45, 7) is 7.75. The molecular weight excluding hydrogens is 376 g/mol. The fraction of sp³-hybridized carbons (Fsp3) is 0.409. The highest BCUT2D eigenvalue weighted by Gasteiger charge is 2.23. The van der Waals surface area contributed by atoms with Crippen LogP contribution in [0.2, 0.25) is 5.15 Å². The molecule has 0 amide bonds. The molecule has 3 heterocycles. The molecule has 1 saturated heterocycles.